The molecule has 1 aromatic carbocycles. The summed E-state index contributed by atoms with van der Waals surface area (Å²) in [6.07, 6.45) is -5.43. The molecule has 1 fully saturated rings. The van der Waals surface area contributed by atoms with Gasteiger partial charge in [0, 0.05) is 0 Å². The van der Waals surface area contributed by atoms with Gasteiger partial charge in [0.2, 0.25) is 0 Å². The van der Waals surface area contributed by atoms with Crippen molar-refractivity contribution in [2.75, 3.05) is 0 Å². The third-order valence-corrected chi connectivity index (χ3v) is 3.14. The van der Waals surface area contributed by atoms with E-state index in [2.05, 4.69) is 0 Å². The van der Waals surface area contributed by atoms with Gasteiger partial charge in [-0.2, -0.15) is 0 Å². The number of hydrogen-bond donors (Lipinski definition) is 3. The van der Waals surface area contributed by atoms with Crippen LogP contribution in [0.4, 0.5) is 8.78 Å². The second-order valence-corrected chi connectivity index (χ2v) is 4.41. The zero-order valence-electron chi connectivity index (χ0n) is 9.62. The SMILES string of the molecule is CC1OC(C(O)c2ccc(F)c(F)c2)C(O)C1O. The molecule has 0 amide bonds. The third kappa shape index (κ3) is 2.24. The molecule has 100 valence electrons. The van der Waals surface area contributed by atoms with Crippen LogP contribution < -0.4 is 0 Å². The minimum absolute atomic E-state index is 0.0826. The molecule has 1 saturated heterocycles. The lowest BCUT2D eigenvalue weighted by Crippen LogP contribution is -2.34. The molecule has 0 bridgehead atoms. The van der Waals surface area contributed by atoms with Crippen molar-refractivity contribution >= 4 is 0 Å². The molecule has 1 aliphatic rings. The largest absolute Gasteiger partial charge is 0.388 e. The fourth-order valence-electron chi connectivity index (χ4n) is 2.03. The van der Waals surface area contributed by atoms with Gasteiger partial charge >= 0.3 is 0 Å². The summed E-state index contributed by atoms with van der Waals surface area (Å²) in [5.74, 6) is -2.11. The van der Waals surface area contributed by atoms with Gasteiger partial charge in [0.15, 0.2) is 11.6 Å². The first-order chi connectivity index (χ1) is 8.41. The summed E-state index contributed by atoms with van der Waals surface area (Å²) < 4.78 is 31.0. The van der Waals surface area contributed by atoms with Gasteiger partial charge < -0.3 is 20.1 Å². The lowest BCUT2D eigenvalue weighted by Gasteiger charge is -2.21. The van der Waals surface area contributed by atoms with Crippen LogP contribution in [0.1, 0.15) is 18.6 Å². The summed E-state index contributed by atoms with van der Waals surface area (Å²) in [6.45, 7) is 1.55. The van der Waals surface area contributed by atoms with E-state index >= 15 is 0 Å². The summed E-state index contributed by atoms with van der Waals surface area (Å²) >= 11 is 0. The van der Waals surface area contributed by atoms with Crippen LogP contribution in [-0.2, 0) is 4.74 Å². The third-order valence-electron chi connectivity index (χ3n) is 3.14. The van der Waals surface area contributed by atoms with Gasteiger partial charge in [-0.3, -0.25) is 0 Å². The van der Waals surface area contributed by atoms with E-state index in [-0.39, 0.29) is 5.56 Å². The first-order valence-corrected chi connectivity index (χ1v) is 5.56. The Morgan fingerprint density at radius 1 is 1.17 bits per heavy atom. The predicted molar refractivity (Wildman–Crippen MR) is 57.7 cm³/mol. The Morgan fingerprint density at radius 2 is 1.83 bits per heavy atom. The minimum Gasteiger partial charge on any atom is -0.388 e. The molecule has 18 heavy (non-hydrogen) atoms. The van der Waals surface area contributed by atoms with Crippen molar-refractivity contribution in [1.29, 1.82) is 0 Å². The first kappa shape index (κ1) is 13.4. The van der Waals surface area contributed by atoms with Gasteiger partial charge in [0.1, 0.15) is 24.4 Å². The Hall–Kier alpha value is -1.08. The lowest BCUT2D eigenvalue weighted by molar-refractivity contribution is -0.0636. The van der Waals surface area contributed by atoms with E-state index in [4.69, 9.17) is 4.74 Å². The van der Waals surface area contributed by atoms with Gasteiger partial charge in [0.25, 0.3) is 0 Å². The van der Waals surface area contributed by atoms with Gasteiger partial charge in [-0.1, -0.05) is 6.07 Å². The van der Waals surface area contributed by atoms with Gasteiger partial charge in [-0.25, -0.2) is 8.78 Å². The minimum atomic E-state index is -1.34. The Balaban J connectivity index is 2.21. The highest BCUT2D eigenvalue weighted by Crippen LogP contribution is 2.31. The Kier molecular flexibility index (Phi) is 3.63. The van der Waals surface area contributed by atoms with Crippen LogP contribution in [-0.4, -0.2) is 39.7 Å². The van der Waals surface area contributed by atoms with E-state index in [1.165, 1.54) is 6.07 Å². The predicted octanol–water partition coefficient (Wildman–Crippen LogP) is 0.507. The van der Waals surface area contributed by atoms with Gasteiger partial charge in [-0.15, -0.1) is 0 Å². The van der Waals surface area contributed by atoms with Crippen molar-refractivity contribution < 1.29 is 28.8 Å². The number of aliphatic hydroxyl groups is 3. The summed E-state index contributed by atoms with van der Waals surface area (Å²) in [6, 6.07) is 2.93. The number of rotatable bonds is 2. The Bertz CT molecular complexity index is 440. The van der Waals surface area contributed by atoms with Crippen LogP contribution in [0.15, 0.2) is 18.2 Å². The van der Waals surface area contributed by atoms with Crippen LogP contribution in [0.2, 0.25) is 0 Å². The van der Waals surface area contributed by atoms with E-state index in [0.717, 1.165) is 12.1 Å². The van der Waals surface area contributed by atoms with Crippen molar-refractivity contribution in [2.45, 2.75) is 37.4 Å². The van der Waals surface area contributed by atoms with E-state index in [0.29, 0.717) is 0 Å². The normalized spacial score (nSPS) is 33.7. The maximum Gasteiger partial charge on any atom is 0.159 e. The van der Waals surface area contributed by atoms with Crippen LogP contribution in [0.25, 0.3) is 0 Å². The summed E-state index contributed by atoms with van der Waals surface area (Å²) in [5.41, 5.74) is 0.0826. The molecular formula is C12H14F2O4. The molecule has 1 aliphatic heterocycles. The standard InChI is InChI=1S/C12H14F2O4/c1-5-9(15)11(17)12(18-5)10(16)6-2-3-7(13)8(14)4-6/h2-5,9-12,15-17H,1H3. The fourth-order valence-corrected chi connectivity index (χ4v) is 2.03. The second kappa shape index (κ2) is 4.89. The van der Waals surface area contributed by atoms with Crippen molar-refractivity contribution in [3.8, 4) is 0 Å². The van der Waals surface area contributed by atoms with E-state index in [1.807, 2.05) is 0 Å². The van der Waals surface area contributed by atoms with Gasteiger partial charge in [0.05, 0.1) is 6.10 Å². The van der Waals surface area contributed by atoms with Crippen molar-refractivity contribution in [3.63, 3.8) is 0 Å². The van der Waals surface area contributed by atoms with Crippen molar-refractivity contribution in [2.24, 2.45) is 0 Å². The van der Waals surface area contributed by atoms with Crippen LogP contribution >= 0.6 is 0 Å². The molecule has 2 rings (SSSR count). The molecule has 0 radical (unpaired) electrons. The number of hydrogen-bond acceptors (Lipinski definition) is 4. The van der Waals surface area contributed by atoms with E-state index < -0.39 is 42.2 Å². The average Bonchev–Trinajstić information content (AvgIpc) is 2.60. The molecule has 6 heteroatoms. The van der Waals surface area contributed by atoms with E-state index in [1.54, 1.807) is 6.92 Å². The summed E-state index contributed by atoms with van der Waals surface area (Å²) in [4.78, 5) is 0. The first-order valence-electron chi connectivity index (χ1n) is 5.56. The molecule has 1 heterocycles. The smallest absolute Gasteiger partial charge is 0.159 e. The monoisotopic (exact) mass is 260 g/mol. The number of halogens is 2. The zero-order valence-corrected chi connectivity index (χ0v) is 9.62. The summed E-state index contributed by atoms with van der Waals surface area (Å²) in [7, 11) is 0. The Labute approximate surface area is 102 Å². The quantitative estimate of drug-likeness (QED) is 0.724. The summed E-state index contributed by atoms with van der Waals surface area (Å²) in [5, 5.41) is 29.1. The van der Waals surface area contributed by atoms with Crippen LogP contribution in [0.3, 0.4) is 0 Å². The maximum absolute atomic E-state index is 13.0. The molecule has 4 nitrogen and oxygen atoms in total. The number of ether oxygens (including phenoxy) is 1. The second-order valence-electron chi connectivity index (χ2n) is 4.41. The highest BCUT2D eigenvalue weighted by atomic mass is 19.2. The van der Waals surface area contributed by atoms with Crippen molar-refractivity contribution in [1.82, 2.24) is 0 Å². The molecule has 0 saturated carbocycles. The number of aliphatic hydroxyl groups excluding tert-OH is 3. The molecular weight excluding hydrogens is 246 g/mol. The van der Waals surface area contributed by atoms with Gasteiger partial charge in [-0.05, 0) is 24.6 Å². The fraction of sp³-hybridized carbons (Fsp3) is 0.500. The van der Waals surface area contributed by atoms with Crippen LogP contribution in [0.5, 0.6) is 0 Å². The molecule has 0 aliphatic carbocycles. The average molecular weight is 260 g/mol. The Morgan fingerprint density at radius 3 is 2.33 bits per heavy atom. The molecule has 1 aromatic rings. The van der Waals surface area contributed by atoms with E-state index in [9.17, 15) is 24.1 Å². The molecule has 3 N–H and O–H groups in total. The van der Waals surface area contributed by atoms with Crippen molar-refractivity contribution in [3.05, 3.63) is 35.4 Å². The molecule has 5 atom stereocenters. The topological polar surface area (TPSA) is 69.9 Å². The molecule has 5 unspecified atom stereocenters. The maximum atomic E-state index is 13.0. The van der Waals surface area contributed by atoms with Crippen LogP contribution in [0, 0.1) is 11.6 Å². The highest BCUT2D eigenvalue weighted by Gasteiger charge is 2.44. The number of benzene rings is 1. The lowest BCUT2D eigenvalue weighted by atomic mass is 9.98. The highest BCUT2D eigenvalue weighted by molar-refractivity contribution is 5.22. The zero-order chi connectivity index (χ0) is 13.4. The molecule has 0 aromatic heterocycles. The molecule has 0 spiro atoms.